The monoisotopic (exact) mass is 256 g/mol. The highest BCUT2D eigenvalue weighted by Crippen LogP contribution is 2.27. The van der Waals surface area contributed by atoms with Crippen LogP contribution in [0, 0.1) is 11.3 Å². The number of hydrogen-bond donors (Lipinski definition) is 2. The molecule has 1 aromatic heterocycles. The molecule has 2 heterocycles. The minimum Gasteiger partial charge on any atom is -0.359 e. The summed E-state index contributed by atoms with van der Waals surface area (Å²) in [6.45, 7) is 2.11. The van der Waals surface area contributed by atoms with E-state index < -0.39 is 0 Å². The number of nitriles is 1. The summed E-state index contributed by atoms with van der Waals surface area (Å²) in [5.74, 6) is 0. The van der Waals surface area contributed by atoms with E-state index in [-0.39, 0.29) is 0 Å². The molecule has 2 N–H and O–H groups in total. The molecule has 0 aromatic carbocycles. The highest BCUT2D eigenvalue weighted by atomic mass is 35.5. The lowest BCUT2D eigenvalue weighted by atomic mass is 10.1. The van der Waals surface area contributed by atoms with Gasteiger partial charge in [-0.25, -0.2) is 4.98 Å². The van der Waals surface area contributed by atoms with Gasteiger partial charge in [0.25, 0.3) is 0 Å². The van der Waals surface area contributed by atoms with Gasteiger partial charge in [-0.1, -0.05) is 22.9 Å². The Kier molecular flexibility index (Phi) is 3.99. The first-order valence-corrected chi connectivity index (χ1v) is 6.52. The number of thiazole rings is 1. The zero-order chi connectivity index (χ0) is 11.4. The lowest BCUT2D eigenvalue weighted by Gasteiger charge is -2.14. The van der Waals surface area contributed by atoms with Crippen molar-refractivity contribution in [3.63, 3.8) is 0 Å². The minimum absolute atomic E-state index is 0.307. The summed E-state index contributed by atoms with van der Waals surface area (Å²) in [5.41, 5.74) is 0. The third kappa shape index (κ3) is 2.85. The van der Waals surface area contributed by atoms with Crippen molar-refractivity contribution in [3.8, 4) is 6.07 Å². The van der Waals surface area contributed by atoms with Crippen LogP contribution in [0.15, 0.2) is 0 Å². The van der Waals surface area contributed by atoms with Crippen LogP contribution >= 0.6 is 22.9 Å². The van der Waals surface area contributed by atoms with Crippen molar-refractivity contribution in [1.29, 1.82) is 5.26 Å². The molecule has 1 atom stereocenters. The van der Waals surface area contributed by atoms with Crippen molar-refractivity contribution in [1.82, 2.24) is 10.3 Å². The van der Waals surface area contributed by atoms with Gasteiger partial charge >= 0.3 is 0 Å². The van der Waals surface area contributed by atoms with Crippen molar-refractivity contribution in [2.24, 2.45) is 0 Å². The van der Waals surface area contributed by atoms with Crippen LogP contribution in [-0.4, -0.2) is 24.1 Å². The molecule has 0 bridgehead atoms. The van der Waals surface area contributed by atoms with E-state index in [1.165, 1.54) is 17.8 Å². The Morgan fingerprint density at radius 3 is 3.12 bits per heavy atom. The Hall–Kier alpha value is -0.830. The quantitative estimate of drug-likeness (QED) is 0.852. The number of halogens is 1. The zero-order valence-corrected chi connectivity index (χ0v) is 10.4. The van der Waals surface area contributed by atoms with Gasteiger partial charge in [-0.15, -0.1) is 0 Å². The minimum atomic E-state index is 0.307. The smallest absolute Gasteiger partial charge is 0.185 e. The zero-order valence-electron chi connectivity index (χ0n) is 8.79. The van der Waals surface area contributed by atoms with E-state index in [9.17, 15) is 0 Å². The summed E-state index contributed by atoms with van der Waals surface area (Å²) in [6.07, 6.45) is 3.38. The molecule has 1 aliphatic rings. The first-order chi connectivity index (χ1) is 7.79. The number of anilines is 1. The molecule has 2 rings (SSSR count). The molecule has 0 saturated carbocycles. The molecule has 1 saturated heterocycles. The van der Waals surface area contributed by atoms with Crippen molar-refractivity contribution < 1.29 is 0 Å². The predicted octanol–water partition coefficient (Wildman–Crippen LogP) is 2.22. The molecular weight excluding hydrogens is 244 g/mol. The van der Waals surface area contributed by atoms with Crippen LogP contribution in [0.5, 0.6) is 0 Å². The maximum Gasteiger partial charge on any atom is 0.185 e. The SMILES string of the molecule is N#Cc1sc(NC2CCCNCC2)nc1Cl. The molecule has 0 amide bonds. The number of nitrogens with zero attached hydrogens (tertiary/aromatic N) is 2. The lowest BCUT2D eigenvalue weighted by molar-refractivity contribution is 0.637. The second kappa shape index (κ2) is 5.48. The largest absolute Gasteiger partial charge is 0.359 e. The van der Waals surface area contributed by atoms with Crippen LogP contribution in [0.2, 0.25) is 5.15 Å². The van der Waals surface area contributed by atoms with E-state index in [2.05, 4.69) is 15.6 Å². The summed E-state index contributed by atoms with van der Waals surface area (Å²) >= 11 is 7.14. The van der Waals surface area contributed by atoms with Crippen molar-refractivity contribution in [2.75, 3.05) is 18.4 Å². The summed E-state index contributed by atoms with van der Waals surface area (Å²) in [5, 5.41) is 16.5. The normalized spacial score (nSPS) is 21.1. The van der Waals surface area contributed by atoms with Crippen LogP contribution < -0.4 is 10.6 Å². The Morgan fingerprint density at radius 1 is 1.50 bits per heavy atom. The molecule has 1 aliphatic heterocycles. The van der Waals surface area contributed by atoms with Gasteiger partial charge in [-0.3, -0.25) is 0 Å². The summed E-state index contributed by atoms with van der Waals surface area (Å²) in [4.78, 5) is 4.62. The van der Waals surface area contributed by atoms with Crippen molar-refractivity contribution in [3.05, 3.63) is 10.0 Å². The van der Waals surface area contributed by atoms with Crippen LogP contribution in [0.4, 0.5) is 5.13 Å². The van der Waals surface area contributed by atoms with E-state index in [1.807, 2.05) is 6.07 Å². The van der Waals surface area contributed by atoms with Gasteiger partial charge in [0.2, 0.25) is 0 Å². The summed E-state index contributed by atoms with van der Waals surface area (Å²) in [7, 11) is 0. The Balaban J connectivity index is 1.99. The second-order valence-corrected chi connectivity index (χ2v) is 5.13. The second-order valence-electron chi connectivity index (χ2n) is 3.77. The predicted molar refractivity (Wildman–Crippen MR) is 66.0 cm³/mol. The molecule has 1 fully saturated rings. The Bertz CT molecular complexity index is 390. The Morgan fingerprint density at radius 2 is 2.38 bits per heavy atom. The maximum absolute atomic E-state index is 8.78. The van der Waals surface area contributed by atoms with Gasteiger partial charge in [0.1, 0.15) is 10.9 Å². The average Bonchev–Trinajstić information content (AvgIpc) is 2.50. The average molecular weight is 257 g/mol. The van der Waals surface area contributed by atoms with Crippen molar-refractivity contribution >= 4 is 28.1 Å². The molecule has 0 aliphatic carbocycles. The molecule has 4 nitrogen and oxygen atoms in total. The fourth-order valence-electron chi connectivity index (χ4n) is 1.77. The van der Waals surface area contributed by atoms with Gasteiger partial charge in [-0.2, -0.15) is 5.26 Å². The number of rotatable bonds is 2. The first-order valence-electron chi connectivity index (χ1n) is 5.33. The number of aromatic nitrogens is 1. The summed E-state index contributed by atoms with van der Waals surface area (Å²) in [6, 6.07) is 2.47. The van der Waals surface area contributed by atoms with Gasteiger partial charge in [0.05, 0.1) is 0 Å². The van der Waals surface area contributed by atoms with Gasteiger partial charge in [0.15, 0.2) is 10.3 Å². The van der Waals surface area contributed by atoms with Crippen LogP contribution in [0.25, 0.3) is 0 Å². The third-order valence-corrected chi connectivity index (χ3v) is 3.87. The molecule has 86 valence electrons. The molecule has 16 heavy (non-hydrogen) atoms. The van der Waals surface area contributed by atoms with E-state index in [0.717, 1.165) is 31.1 Å². The maximum atomic E-state index is 8.78. The fourth-order valence-corrected chi connectivity index (χ4v) is 2.79. The fraction of sp³-hybridized carbons (Fsp3) is 0.600. The van der Waals surface area contributed by atoms with Gasteiger partial charge < -0.3 is 10.6 Å². The standard InChI is InChI=1S/C10H13ClN4S/c11-9-8(6-12)16-10(15-9)14-7-2-1-4-13-5-3-7/h7,13H,1-5H2,(H,14,15). The molecule has 0 radical (unpaired) electrons. The number of nitrogens with one attached hydrogen (secondary N) is 2. The molecule has 1 unspecified atom stereocenters. The third-order valence-electron chi connectivity index (χ3n) is 2.59. The van der Waals surface area contributed by atoms with E-state index in [0.29, 0.717) is 16.1 Å². The molecule has 0 spiro atoms. The van der Waals surface area contributed by atoms with E-state index in [1.54, 1.807) is 0 Å². The number of hydrogen-bond acceptors (Lipinski definition) is 5. The lowest BCUT2D eigenvalue weighted by Crippen LogP contribution is -2.21. The van der Waals surface area contributed by atoms with Crippen molar-refractivity contribution in [2.45, 2.75) is 25.3 Å². The van der Waals surface area contributed by atoms with Crippen LogP contribution in [-0.2, 0) is 0 Å². The highest BCUT2D eigenvalue weighted by molar-refractivity contribution is 7.16. The van der Waals surface area contributed by atoms with E-state index in [4.69, 9.17) is 16.9 Å². The highest BCUT2D eigenvalue weighted by Gasteiger charge is 2.15. The molecule has 1 aromatic rings. The first kappa shape index (κ1) is 11.6. The topological polar surface area (TPSA) is 60.7 Å². The van der Waals surface area contributed by atoms with Gasteiger partial charge in [0, 0.05) is 6.04 Å². The summed E-state index contributed by atoms with van der Waals surface area (Å²) < 4.78 is 0. The molecule has 6 heteroatoms. The van der Waals surface area contributed by atoms with Gasteiger partial charge in [-0.05, 0) is 32.4 Å². The van der Waals surface area contributed by atoms with Crippen LogP contribution in [0.3, 0.4) is 0 Å². The van der Waals surface area contributed by atoms with Crippen LogP contribution in [0.1, 0.15) is 24.1 Å². The molecular formula is C10H13ClN4S. The Labute approximate surface area is 104 Å². The van der Waals surface area contributed by atoms with E-state index >= 15 is 0 Å².